The van der Waals surface area contributed by atoms with Crippen LogP contribution in [-0.2, 0) is 4.79 Å². The first-order valence-corrected chi connectivity index (χ1v) is 7.87. The first kappa shape index (κ1) is 15.0. The second-order valence-electron chi connectivity index (χ2n) is 5.59. The number of amides is 1. The Balaban J connectivity index is 1.80. The third-order valence-corrected chi connectivity index (χ3v) is 5.00. The highest BCUT2D eigenvalue weighted by atomic mass is 32.1. The van der Waals surface area contributed by atoms with E-state index in [-0.39, 0.29) is 11.8 Å². The number of aryl methyl sites for hydroxylation is 2. The molecule has 2 rings (SSSR count). The zero-order valence-corrected chi connectivity index (χ0v) is 12.8. The molecule has 4 nitrogen and oxygen atoms in total. The van der Waals surface area contributed by atoms with Gasteiger partial charge in [0.1, 0.15) is 0 Å². The molecule has 0 saturated heterocycles. The van der Waals surface area contributed by atoms with E-state index in [1.165, 1.54) is 0 Å². The van der Waals surface area contributed by atoms with Crippen LogP contribution in [0.4, 0.5) is 0 Å². The summed E-state index contributed by atoms with van der Waals surface area (Å²) in [5.41, 5.74) is 0.770. The lowest BCUT2D eigenvalue weighted by Gasteiger charge is -2.26. The molecule has 20 heavy (non-hydrogen) atoms. The van der Waals surface area contributed by atoms with Crippen LogP contribution in [0.25, 0.3) is 0 Å². The van der Waals surface area contributed by atoms with Gasteiger partial charge in [0, 0.05) is 16.3 Å². The van der Waals surface area contributed by atoms with Crippen molar-refractivity contribution < 1.29 is 14.7 Å². The lowest BCUT2D eigenvalue weighted by Crippen LogP contribution is -2.32. The number of thiophene rings is 1. The van der Waals surface area contributed by atoms with Crippen LogP contribution >= 0.6 is 11.3 Å². The summed E-state index contributed by atoms with van der Waals surface area (Å²) in [5, 5.41) is 11.9. The van der Waals surface area contributed by atoms with Crippen molar-refractivity contribution >= 4 is 23.2 Å². The van der Waals surface area contributed by atoms with Gasteiger partial charge in [0.2, 0.25) is 0 Å². The van der Waals surface area contributed by atoms with E-state index in [1.807, 2.05) is 19.9 Å². The quantitative estimate of drug-likeness (QED) is 0.897. The smallest absolute Gasteiger partial charge is 0.306 e. The van der Waals surface area contributed by atoms with E-state index in [9.17, 15) is 9.59 Å². The van der Waals surface area contributed by atoms with Crippen LogP contribution in [0.1, 0.15) is 45.8 Å². The van der Waals surface area contributed by atoms with Gasteiger partial charge in [-0.1, -0.05) is 0 Å². The molecular formula is C15H21NO3S. The van der Waals surface area contributed by atoms with Crippen LogP contribution in [0.15, 0.2) is 6.07 Å². The molecule has 1 aliphatic carbocycles. The lowest BCUT2D eigenvalue weighted by atomic mass is 9.82. The van der Waals surface area contributed by atoms with Gasteiger partial charge >= 0.3 is 5.97 Å². The molecule has 1 saturated carbocycles. The van der Waals surface area contributed by atoms with Gasteiger partial charge in [-0.25, -0.2) is 0 Å². The minimum Gasteiger partial charge on any atom is -0.481 e. The fourth-order valence-electron chi connectivity index (χ4n) is 2.80. The topological polar surface area (TPSA) is 66.4 Å². The van der Waals surface area contributed by atoms with Gasteiger partial charge in [0.05, 0.1) is 11.5 Å². The average molecular weight is 295 g/mol. The van der Waals surface area contributed by atoms with E-state index in [2.05, 4.69) is 5.32 Å². The molecule has 0 bridgehead atoms. The van der Waals surface area contributed by atoms with Crippen LogP contribution in [0.3, 0.4) is 0 Å². The minimum absolute atomic E-state index is 0.00721. The van der Waals surface area contributed by atoms with Crippen molar-refractivity contribution in [3.05, 3.63) is 21.4 Å². The number of aliphatic carboxylic acids is 1. The Bertz CT molecular complexity index is 501. The summed E-state index contributed by atoms with van der Waals surface area (Å²) in [6.45, 7) is 4.62. The van der Waals surface area contributed by atoms with Crippen molar-refractivity contribution in [2.45, 2.75) is 39.5 Å². The van der Waals surface area contributed by atoms with Crippen molar-refractivity contribution in [2.24, 2.45) is 11.8 Å². The number of hydrogen-bond acceptors (Lipinski definition) is 3. The molecule has 5 heteroatoms. The summed E-state index contributed by atoms with van der Waals surface area (Å²) in [6, 6.07) is 1.93. The zero-order valence-electron chi connectivity index (χ0n) is 11.9. The molecule has 2 N–H and O–H groups in total. The summed E-state index contributed by atoms with van der Waals surface area (Å²) in [7, 11) is 0. The Morgan fingerprint density at radius 3 is 2.45 bits per heavy atom. The molecule has 1 amide bonds. The first-order chi connectivity index (χ1) is 9.47. The monoisotopic (exact) mass is 295 g/mol. The van der Waals surface area contributed by atoms with E-state index in [0.717, 1.165) is 41.0 Å². The predicted molar refractivity (Wildman–Crippen MR) is 79.2 cm³/mol. The average Bonchev–Trinajstić information content (AvgIpc) is 2.75. The molecule has 0 unspecified atom stereocenters. The third-order valence-electron chi connectivity index (χ3n) is 4.03. The number of carboxylic acid groups (broad SMARTS) is 1. The van der Waals surface area contributed by atoms with Gasteiger partial charge in [-0.2, -0.15) is 0 Å². The Morgan fingerprint density at radius 1 is 1.30 bits per heavy atom. The number of hydrogen-bond donors (Lipinski definition) is 2. The molecule has 0 spiro atoms. The number of carbonyl (C=O) groups excluding carboxylic acids is 1. The summed E-state index contributed by atoms with van der Waals surface area (Å²) < 4.78 is 0. The number of rotatable bonds is 4. The van der Waals surface area contributed by atoms with Crippen molar-refractivity contribution in [2.75, 3.05) is 6.54 Å². The maximum absolute atomic E-state index is 12.1. The van der Waals surface area contributed by atoms with Gasteiger partial charge < -0.3 is 10.4 Å². The van der Waals surface area contributed by atoms with Crippen molar-refractivity contribution in [3.63, 3.8) is 0 Å². The molecule has 1 aromatic rings. The summed E-state index contributed by atoms with van der Waals surface area (Å²) >= 11 is 1.64. The molecule has 0 aromatic carbocycles. The van der Waals surface area contributed by atoms with E-state index in [1.54, 1.807) is 11.3 Å². The van der Waals surface area contributed by atoms with Gasteiger partial charge in [-0.3, -0.25) is 9.59 Å². The van der Waals surface area contributed by atoms with Crippen molar-refractivity contribution in [1.29, 1.82) is 0 Å². The lowest BCUT2D eigenvalue weighted by molar-refractivity contribution is -0.143. The van der Waals surface area contributed by atoms with E-state index in [0.29, 0.717) is 12.5 Å². The van der Waals surface area contributed by atoms with Gasteiger partial charge in [-0.05, 0) is 51.5 Å². The maximum atomic E-state index is 12.1. The van der Waals surface area contributed by atoms with Crippen LogP contribution in [0.5, 0.6) is 0 Å². The summed E-state index contributed by atoms with van der Waals surface area (Å²) in [4.78, 5) is 25.2. The molecular weight excluding hydrogens is 274 g/mol. The Morgan fingerprint density at radius 2 is 1.95 bits per heavy atom. The molecule has 1 fully saturated rings. The fourth-order valence-corrected chi connectivity index (χ4v) is 3.72. The van der Waals surface area contributed by atoms with Crippen LogP contribution < -0.4 is 5.32 Å². The van der Waals surface area contributed by atoms with Crippen LogP contribution in [0, 0.1) is 25.7 Å². The highest BCUT2D eigenvalue weighted by molar-refractivity contribution is 7.12. The number of nitrogens with one attached hydrogen (secondary N) is 1. The first-order valence-electron chi connectivity index (χ1n) is 7.05. The predicted octanol–water partition coefficient (Wildman–Crippen LogP) is 2.99. The second-order valence-corrected chi connectivity index (χ2v) is 7.05. The van der Waals surface area contributed by atoms with E-state index in [4.69, 9.17) is 5.11 Å². The molecule has 1 aliphatic rings. The largest absolute Gasteiger partial charge is 0.481 e. The van der Waals surface area contributed by atoms with Gasteiger partial charge in [0.15, 0.2) is 0 Å². The number of carboxylic acids is 1. The summed E-state index contributed by atoms with van der Waals surface area (Å²) in [6.07, 6.45) is 3.23. The normalized spacial score (nSPS) is 22.5. The molecule has 110 valence electrons. The molecule has 1 aromatic heterocycles. The fraction of sp³-hybridized carbons (Fsp3) is 0.600. The molecule has 0 atom stereocenters. The Labute approximate surface area is 123 Å². The maximum Gasteiger partial charge on any atom is 0.306 e. The van der Waals surface area contributed by atoms with E-state index >= 15 is 0 Å². The van der Waals surface area contributed by atoms with Gasteiger partial charge in [-0.15, -0.1) is 11.3 Å². The standard InChI is InChI=1S/C15H21NO3S/c1-9-7-13(10(2)20-9)14(17)16-8-11-3-5-12(6-4-11)15(18)19/h7,11-12H,3-6,8H2,1-2H3,(H,16,17)(H,18,19). The van der Waals surface area contributed by atoms with E-state index < -0.39 is 5.97 Å². The highest BCUT2D eigenvalue weighted by Gasteiger charge is 2.26. The van der Waals surface area contributed by atoms with Crippen LogP contribution in [0.2, 0.25) is 0 Å². The molecule has 0 aliphatic heterocycles. The Hall–Kier alpha value is -1.36. The SMILES string of the molecule is Cc1cc(C(=O)NCC2CCC(C(=O)O)CC2)c(C)s1. The Kier molecular flexibility index (Phi) is 4.81. The van der Waals surface area contributed by atoms with Gasteiger partial charge in [0.25, 0.3) is 5.91 Å². The summed E-state index contributed by atoms with van der Waals surface area (Å²) in [5.74, 6) is -0.470. The number of carbonyl (C=O) groups is 2. The molecule has 1 heterocycles. The highest BCUT2D eigenvalue weighted by Crippen LogP contribution is 2.28. The zero-order chi connectivity index (χ0) is 14.7. The minimum atomic E-state index is -0.683. The third kappa shape index (κ3) is 3.60. The van der Waals surface area contributed by atoms with Crippen molar-refractivity contribution in [3.8, 4) is 0 Å². The van der Waals surface area contributed by atoms with Crippen molar-refractivity contribution in [1.82, 2.24) is 5.32 Å². The second kappa shape index (κ2) is 6.39. The van der Waals surface area contributed by atoms with Crippen LogP contribution in [-0.4, -0.2) is 23.5 Å². The molecule has 0 radical (unpaired) electrons.